The van der Waals surface area contributed by atoms with Gasteiger partial charge in [-0.25, -0.2) is 0 Å². The first-order valence-corrected chi connectivity index (χ1v) is 5.44. The third-order valence-corrected chi connectivity index (χ3v) is 3.42. The highest BCUT2D eigenvalue weighted by atomic mass is 79.9. The number of rotatable bonds is 2. The Hall–Kier alpha value is -0.540. The van der Waals surface area contributed by atoms with Gasteiger partial charge in [0.2, 0.25) is 0 Å². The Bertz CT molecular complexity index is 323. The molecule has 0 aliphatic heterocycles. The molecule has 2 N–H and O–H groups in total. The van der Waals surface area contributed by atoms with E-state index in [1.54, 1.807) is 0 Å². The first kappa shape index (κ1) is 11.5. The fraction of sp³-hybridized carbons (Fsp3) is 0.455. The molecule has 0 unspecified atom stereocenters. The minimum absolute atomic E-state index is 0.159. The van der Waals surface area contributed by atoms with Crippen molar-refractivity contribution < 1.29 is 5.11 Å². The monoisotopic (exact) mass is 257 g/mol. The number of nitrogens with one attached hydrogen (secondary N) is 1. The van der Waals surface area contributed by atoms with E-state index in [1.165, 1.54) is 0 Å². The molecular formula is C11H16BrNO. The maximum absolute atomic E-state index is 9.94. The summed E-state index contributed by atoms with van der Waals surface area (Å²) >= 11 is 3.49. The zero-order valence-electron chi connectivity index (χ0n) is 8.98. The van der Waals surface area contributed by atoms with Crippen molar-refractivity contribution in [1.82, 2.24) is 5.32 Å². The number of benzene rings is 1. The topological polar surface area (TPSA) is 32.3 Å². The van der Waals surface area contributed by atoms with Gasteiger partial charge in [0, 0.05) is 16.1 Å². The lowest BCUT2D eigenvalue weighted by molar-refractivity contribution is 0.452. The van der Waals surface area contributed by atoms with Crippen LogP contribution in [0.15, 0.2) is 10.5 Å². The van der Waals surface area contributed by atoms with E-state index >= 15 is 0 Å². The van der Waals surface area contributed by atoms with E-state index in [-0.39, 0.29) is 6.04 Å². The summed E-state index contributed by atoms with van der Waals surface area (Å²) in [5.74, 6) is 0.396. The molecule has 78 valence electrons. The van der Waals surface area contributed by atoms with Gasteiger partial charge in [0.15, 0.2) is 0 Å². The number of aryl methyl sites for hydroxylation is 1. The fourth-order valence-electron chi connectivity index (χ4n) is 1.56. The van der Waals surface area contributed by atoms with Crippen LogP contribution in [0.4, 0.5) is 0 Å². The van der Waals surface area contributed by atoms with Crippen molar-refractivity contribution in [2.45, 2.75) is 26.8 Å². The molecule has 0 aliphatic rings. The number of hydrogen-bond acceptors (Lipinski definition) is 2. The maximum Gasteiger partial charge on any atom is 0.123 e. The standard InChI is InChI=1S/C11H16BrNO/c1-6-5-9(12)7(2)10(11(6)14)8(3)13-4/h5,8,13-14H,1-4H3/t8-/m0/s1. The number of phenolic OH excluding ortho intramolecular Hbond substituents is 1. The number of halogens is 1. The molecule has 0 aliphatic carbocycles. The van der Waals surface area contributed by atoms with Crippen LogP contribution >= 0.6 is 15.9 Å². The molecule has 0 amide bonds. The SMILES string of the molecule is CN[C@@H](C)c1c(C)c(Br)cc(C)c1O. The van der Waals surface area contributed by atoms with Crippen molar-refractivity contribution in [3.8, 4) is 5.75 Å². The van der Waals surface area contributed by atoms with Gasteiger partial charge in [-0.05, 0) is 45.0 Å². The predicted molar refractivity (Wildman–Crippen MR) is 62.8 cm³/mol. The van der Waals surface area contributed by atoms with Gasteiger partial charge in [-0.15, -0.1) is 0 Å². The van der Waals surface area contributed by atoms with Crippen LogP contribution < -0.4 is 5.32 Å². The van der Waals surface area contributed by atoms with Crippen molar-refractivity contribution in [2.75, 3.05) is 7.05 Å². The summed E-state index contributed by atoms with van der Waals surface area (Å²) in [5.41, 5.74) is 2.97. The molecule has 0 aromatic heterocycles. The molecule has 2 nitrogen and oxygen atoms in total. The third-order valence-electron chi connectivity index (χ3n) is 2.60. The molecule has 1 aromatic rings. The lowest BCUT2D eigenvalue weighted by Gasteiger charge is -2.18. The first-order chi connectivity index (χ1) is 6.49. The Balaban J connectivity index is 3.39. The number of phenols is 1. The molecule has 0 fully saturated rings. The summed E-state index contributed by atoms with van der Waals surface area (Å²) in [6.07, 6.45) is 0. The summed E-state index contributed by atoms with van der Waals surface area (Å²) in [4.78, 5) is 0. The lowest BCUT2D eigenvalue weighted by atomic mass is 9.98. The highest BCUT2D eigenvalue weighted by molar-refractivity contribution is 9.10. The van der Waals surface area contributed by atoms with Crippen molar-refractivity contribution >= 4 is 15.9 Å². The second-order valence-corrected chi connectivity index (χ2v) is 4.43. The largest absolute Gasteiger partial charge is 0.507 e. The van der Waals surface area contributed by atoms with Crippen molar-refractivity contribution in [2.24, 2.45) is 0 Å². The zero-order valence-corrected chi connectivity index (χ0v) is 10.6. The van der Waals surface area contributed by atoms with Gasteiger partial charge >= 0.3 is 0 Å². The molecule has 0 spiro atoms. The van der Waals surface area contributed by atoms with E-state index in [9.17, 15) is 5.11 Å². The molecule has 0 radical (unpaired) electrons. The average Bonchev–Trinajstić information content (AvgIpc) is 2.15. The summed E-state index contributed by atoms with van der Waals surface area (Å²) in [5, 5.41) is 13.1. The van der Waals surface area contributed by atoms with Gasteiger partial charge in [-0.3, -0.25) is 0 Å². The van der Waals surface area contributed by atoms with E-state index in [1.807, 2.05) is 33.9 Å². The lowest BCUT2D eigenvalue weighted by Crippen LogP contribution is -2.14. The van der Waals surface area contributed by atoms with Crippen LogP contribution in [0.3, 0.4) is 0 Å². The molecule has 1 rings (SSSR count). The zero-order chi connectivity index (χ0) is 10.9. The van der Waals surface area contributed by atoms with E-state index in [2.05, 4.69) is 21.2 Å². The molecular weight excluding hydrogens is 242 g/mol. The summed E-state index contributed by atoms with van der Waals surface area (Å²) in [6, 6.07) is 2.10. The molecule has 0 saturated carbocycles. The van der Waals surface area contributed by atoms with Crippen molar-refractivity contribution in [3.05, 3.63) is 27.2 Å². The van der Waals surface area contributed by atoms with Gasteiger partial charge in [-0.2, -0.15) is 0 Å². The van der Waals surface area contributed by atoms with Gasteiger partial charge in [0.1, 0.15) is 5.75 Å². The molecule has 1 aromatic carbocycles. The van der Waals surface area contributed by atoms with Crippen molar-refractivity contribution in [3.63, 3.8) is 0 Å². The van der Waals surface area contributed by atoms with Gasteiger partial charge in [-0.1, -0.05) is 15.9 Å². The van der Waals surface area contributed by atoms with Crippen LogP contribution in [0.1, 0.15) is 29.7 Å². The Morgan fingerprint density at radius 1 is 1.43 bits per heavy atom. The van der Waals surface area contributed by atoms with Crippen molar-refractivity contribution in [1.29, 1.82) is 0 Å². The molecule has 0 saturated heterocycles. The van der Waals surface area contributed by atoms with E-state index in [0.29, 0.717) is 5.75 Å². The minimum atomic E-state index is 0.159. The Morgan fingerprint density at radius 3 is 2.50 bits per heavy atom. The molecule has 0 heterocycles. The Kier molecular flexibility index (Phi) is 3.56. The fourth-order valence-corrected chi connectivity index (χ4v) is 2.12. The third kappa shape index (κ3) is 1.93. The Morgan fingerprint density at radius 2 is 2.00 bits per heavy atom. The summed E-state index contributed by atoms with van der Waals surface area (Å²) in [6.45, 7) is 5.95. The van der Waals surface area contributed by atoms with E-state index < -0.39 is 0 Å². The van der Waals surface area contributed by atoms with Crippen LogP contribution in [0, 0.1) is 13.8 Å². The molecule has 3 heteroatoms. The highest BCUT2D eigenvalue weighted by Crippen LogP contribution is 2.35. The molecule has 0 bridgehead atoms. The maximum atomic E-state index is 9.94. The van der Waals surface area contributed by atoms with Crippen LogP contribution in [0.2, 0.25) is 0 Å². The number of aromatic hydroxyl groups is 1. The first-order valence-electron chi connectivity index (χ1n) is 4.64. The van der Waals surface area contributed by atoms with Gasteiger partial charge in [0.25, 0.3) is 0 Å². The van der Waals surface area contributed by atoms with E-state index in [0.717, 1.165) is 21.2 Å². The van der Waals surface area contributed by atoms with Crippen LogP contribution in [0.25, 0.3) is 0 Å². The van der Waals surface area contributed by atoms with Crippen LogP contribution in [-0.2, 0) is 0 Å². The number of hydrogen-bond donors (Lipinski definition) is 2. The molecule has 14 heavy (non-hydrogen) atoms. The summed E-state index contributed by atoms with van der Waals surface area (Å²) < 4.78 is 1.05. The van der Waals surface area contributed by atoms with Crippen LogP contribution in [-0.4, -0.2) is 12.2 Å². The van der Waals surface area contributed by atoms with Crippen LogP contribution in [0.5, 0.6) is 5.75 Å². The normalized spacial score (nSPS) is 12.9. The van der Waals surface area contributed by atoms with Gasteiger partial charge < -0.3 is 10.4 Å². The van der Waals surface area contributed by atoms with E-state index in [4.69, 9.17) is 0 Å². The molecule has 1 atom stereocenters. The average molecular weight is 258 g/mol. The van der Waals surface area contributed by atoms with Gasteiger partial charge in [0.05, 0.1) is 0 Å². The highest BCUT2D eigenvalue weighted by Gasteiger charge is 2.15. The summed E-state index contributed by atoms with van der Waals surface area (Å²) in [7, 11) is 1.89. The predicted octanol–water partition coefficient (Wildman–Crippen LogP) is 3.05. The second kappa shape index (κ2) is 4.32. The minimum Gasteiger partial charge on any atom is -0.507 e. The second-order valence-electron chi connectivity index (χ2n) is 3.57. The quantitative estimate of drug-likeness (QED) is 0.854. The Labute approximate surface area is 93.5 Å². The smallest absolute Gasteiger partial charge is 0.123 e.